The number of hydrogen-bond donors (Lipinski definition) is 2. The predicted octanol–water partition coefficient (Wildman–Crippen LogP) is 3.26. The van der Waals surface area contributed by atoms with Crippen LogP contribution in [-0.4, -0.2) is 27.3 Å². The molecule has 0 unspecified atom stereocenters. The fourth-order valence-electron chi connectivity index (χ4n) is 2.46. The molecular formula is C16H13N5O. The normalized spacial score (nSPS) is 11.0. The molecule has 0 saturated carbocycles. The van der Waals surface area contributed by atoms with Gasteiger partial charge in [0.2, 0.25) is 0 Å². The van der Waals surface area contributed by atoms with Gasteiger partial charge in [0.05, 0.1) is 18.8 Å². The van der Waals surface area contributed by atoms with Crippen molar-refractivity contribution in [3.05, 3.63) is 48.9 Å². The van der Waals surface area contributed by atoms with Crippen molar-refractivity contribution in [3.63, 3.8) is 0 Å². The highest BCUT2D eigenvalue weighted by atomic mass is 16.5. The van der Waals surface area contributed by atoms with E-state index in [4.69, 9.17) is 4.74 Å². The number of nitrogens with one attached hydrogen (secondary N) is 2. The largest absolute Gasteiger partial charge is 0.497 e. The molecular weight excluding hydrogens is 278 g/mol. The molecule has 2 N–H and O–H groups in total. The lowest BCUT2D eigenvalue weighted by Crippen LogP contribution is -1.96. The topological polar surface area (TPSA) is 75.7 Å². The molecule has 0 aliphatic carbocycles. The average molecular weight is 291 g/mol. The number of benzene rings is 1. The molecule has 1 aromatic carbocycles. The van der Waals surface area contributed by atoms with Crippen LogP contribution in [0.4, 0.5) is 11.5 Å². The highest BCUT2D eigenvalue weighted by Crippen LogP contribution is 2.31. The molecule has 0 radical (unpaired) electrons. The lowest BCUT2D eigenvalue weighted by atomic mass is 10.1. The highest BCUT2D eigenvalue weighted by molar-refractivity contribution is 6.09. The van der Waals surface area contributed by atoms with Crippen LogP contribution in [0, 0.1) is 0 Å². The van der Waals surface area contributed by atoms with Gasteiger partial charge in [0, 0.05) is 28.9 Å². The summed E-state index contributed by atoms with van der Waals surface area (Å²) in [5, 5.41) is 12.5. The predicted molar refractivity (Wildman–Crippen MR) is 85.5 cm³/mol. The number of hydrogen-bond acceptors (Lipinski definition) is 5. The lowest BCUT2D eigenvalue weighted by molar-refractivity contribution is 0.415. The molecule has 0 bridgehead atoms. The number of ether oxygens (including phenoxy) is 1. The SMILES string of the molecule is COc1ccc2nc(Nc3ccncc3)c3[nH]ncc3c2c1. The van der Waals surface area contributed by atoms with Crippen LogP contribution in [0.2, 0.25) is 0 Å². The van der Waals surface area contributed by atoms with Gasteiger partial charge in [0.25, 0.3) is 0 Å². The number of pyridine rings is 2. The van der Waals surface area contributed by atoms with Gasteiger partial charge < -0.3 is 10.1 Å². The maximum Gasteiger partial charge on any atom is 0.157 e. The Labute approximate surface area is 126 Å². The van der Waals surface area contributed by atoms with Crippen LogP contribution in [0.5, 0.6) is 5.75 Å². The van der Waals surface area contributed by atoms with Crippen molar-refractivity contribution in [2.75, 3.05) is 12.4 Å². The number of methoxy groups -OCH3 is 1. The van der Waals surface area contributed by atoms with Crippen LogP contribution in [0.1, 0.15) is 0 Å². The molecule has 3 aromatic heterocycles. The standard InChI is InChI=1S/C16H13N5O/c1-22-11-2-3-14-12(8-11)13-9-18-21-15(13)16(20-14)19-10-4-6-17-7-5-10/h2-9H,1H3,(H,18,21)(H,17,19,20). The number of nitrogens with zero attached hydrogens (tertiary/aromatic N) is 3. The maximum absolute atomic E-state index is 5.29. The third-order valence-corrected chi connectivity index (χ3v) is 3.55. The minimum atomic E-state index is 0.733. The molecule has 108 valence electrons. The molecule has 0 aliphatic heterocycles. The van der Waals surface area contributed by atoms with Crippen LogP contribution in [-0.2, 0) is 0 Å². The smallest absolute Gasteiger partial charge is 0.157 e. The number of H-pyrrole nitrogens is 1. The van der Waals surface area contributed by atoms with Gasteiger partial charge in [-0.15, -0.1) is 0 Å². The number of fused-ring (bicyclic) bond motifs is 3. The fourth-order valence-corrected chi connectivity index (χ4v) is 2.46. The van der Waals surface area contributed by atoms with E-state index in [-0.39, 0.29) is 0 Å². The summed E-state index contributed by atoms with van der Waals surface area (Å²) in [7, 11) is 1.65. The van der Waals surface area contributed by atoms with Crippen LogP contribution >= 0.6 is 0 Å². The second kappa shape index (κ2) is 5.00. The van der Waals surface area contributed by atoms with Crippen LogP contribution in [0.25, 0.3) is 21.8 Å². The monoisotopic (exact) mass is 291 g/mol. The number of aromatic nitrogens is 4. The zero-order valence-corrected chi connectivity index (χ0v) is 11.9. The minimum absolute atomic E-state index is 0.733. The molecule has 0 spiro atoms. The molecule has 0 amide bonds. The Bertz CT molecular complexity index is 949. The third-order valence-electron chi connectivity index (χ3n) is 3.55. The number of rotatable bonds is 3. The van der Waals surface area contributed by atoms with Crippen molar-refractivity contribution in [3.8, 4) is 5.75 Å². The molecule has 0 saturated heterocycles. The first-order chi connectivity index (χ1) is 10.8. The van der Waals surface area contributed by atoms with Crippen LogP contribution in [0.3, 0.4) is 0 Å². The van der Waals surface area contributed by atoms with Gasteiger partial charge in [-0.25, -0.2) is 4.98 Å². The summed E-state index contributed by atoms with van der Waals surface area (Å²) in [6, 6.07) is 9.59. The van der Waals surface area contributed by atoms with E-state index < -0.39 is 0 Å². The Kier molecular flexibility index (Phi) is 2.86. The quantitative estimate of drug-likeness (QED) is 0.606. The Morgan fingerprint density at radius 3 is 2.77 bits per heavy atom. The molecule has 6 heteroatoms. The summed E-state index contributed by atoms with van der Waals surface area (Å²) in [6.07, 6.45) is 5.27. The van der Waals surface area contributed by atoms with Gasteiger partial charge in [-0.2, -0.15) is 5.10 Å². The summed E-state index contributed by atoms with van der Waals surface area (Å²) in [4.78, 5) is 8.70. The van der Waals surface area contributed by atoms with Crippen molar-refractivity contribution in [1.29, 1.82) is 0 Å². The van der Waals surface area contributed by atoms with E-state index >= 15 is 0 Å². The van der Waals surface area contributed by atoms with Gasteiger partial charge >= 0.3 is 0 Å². The minimum Gasteiger partial charge on any atom is -0.497 e. The fraction of sp³-hybridized carbons (Fsp3) is 0.0625. The van der Waals surface area contributed by atoms with E-state index in [1.165, 1.54) is 0 Å². The lowest BCUT2D eigenvalue weighted by Gasteiger charge is -2.09. The van der Waals surface area contributed by atoms with E-state index in [0.717, 1.165) is 39.1 Å². The Hall–Kier alpha value is -3.15. The van der Waals surface area contributed by atoms with Crippen molar-refractivity contribution in [2.24, 2.45) is 0 Å². The molecule has 3 heterocycles. The summed E-state index contributed by atoms with van der Waals surface area (Å²) < 4.78 is 5.29. The van der Waals surface area contributed by atoms with E-state index in [1.54, 1.807) is 25.7 Å². The average Bonchev–Trinajstić information content (AvgIpc) is 3.06. The Morgan fingerprint density at radius 2 is 1.95 bits per heavy atom. The zero-order chi connectivity index (χ0) is 14.9. The molecule has 22 heavy (non-hydrogen) atoms. The third kappa shape index (κ3) is 2.01. The number of anilines is 2. The van der Waals surface area contributed by atoms with E-state index in [1.807, 2.05) is 30.3 Å². The first-order valence-corrected chi connectivity index (χ1v) is 6.83. The van der Waals surface area contributed by atoms with Crippen molar-refractivity contribution >= 4 is 33.3 Å². The second-order valence-corrected chi connectivity index (χ2v) is 4.86. The molecule has 4 rings (SSSR count). The molecule has 0 fully saturated rings. The summed E-state index contributed by atoms with van der Waals surface area (Å²) in [5.74, 6) is 1.53. The van der Waals surface area contributed by atoms with Crippen molar-refractivity contribution in [2.45, 2.75) is 0 Å². The Morgan fingerprint density at radius 1 is 1.09 bits per heavy atom. The summed E-state index contributed by atoms with van der Waals surface area (Å²) in [6.45, 7) is 0. The second-order valence-electron chi connectivity index (χ2n) is 4.86. The molecule has 6 nitrogen and oxygen atoms in total. The Balaban J connectivity index is 1.92. The van der Waals surface area contributed by atoms with Gasteiger partial charge in [-0.3, -0.25) is 10.1 Å². The molecule has 0 atom stereocenters. The van der Waals surface area contributed by atoms with Crippen LogP contribution in [0.15, 0.2) is 48.9 Å². The molecule has 0 aliphatic rings. The van der Waals surface area contributed by atoms with E-state index in [2.05, 4.69) is 25.5 Å². The summed E-state index contributed by atoms with van der Waals surface area (Å²) >= 11 is 0. The van der Waals surface area contributed by atoms with Gasteiger partial charge in [0.15, 0.2) is 5.82 Å². The zero-order valence-electron chi connectivity index (χ0n) is 11.9. The van der Waals surface area contributed by atoms with Crippen molar-refractivity contribution in [1.82, 2.24) is 20.2 Å². The summed E-state index contributed by atoms with van der Waals surface area (Å²) in [5.41, 5.74) is 2.66. The molecule has 4 aromatic rings. The number of aromatic amines is 1. The first-order valence-electron chi connectivity index (χ1n) is 6.83. The van der Waals surface area contributed by atoms with Gasteiger partial charge in [-0.05, 0) is 30.3 Å². The van der Waals surface area contributed by atoms with Crippen molar-refractivity contribution < 1.29 is 4.74 Å². The van der Waals surface area contributed by atoms with Gasteiger partial charge in [0.1, 0.15) is 11.3 Å². The van der Waals surface area contributed by atoms with E-state index in [0.29, 0.717) is 0 Å². The van der Waals surface area contributed by atoms with E-state index in [9.17, 15) is 0 Å². The first kappa shape index (κ1) is 12.6. The van der Waals surface area contributed by atoms with Gasteiger partial charge in [-0.1, -0.05) is 0 Å². The van der Waals surface area contributed by atoms with Crippen LogP contribution < -0.4 is 10.1 Å². The maximum atomic E-state index is 5.29. The highest BCUT2D eigenvalue weighted by Gasteiger charge is 2.11.